The van der Waals surface area contributed by atoms with Gasteiger partial charge < -0.3 is 5.11 Å². The lowest BCUT2D eigenvalue weighted by Gasteiger charge is -2.03. The molecule has 0 rings (SSSR count). The van der Waals surface area contributed by atoms with Crippen LogP contribution in [-0.4, -0.2) is 16.5 Å². The van der Waals surface area contributed by atoms with Gasteiger partial charge in [0.2, 0.25) is 0 Å². The SMILES string of the molecule is CCCCC=C/C=C/C(Cl)CCCCCCCC(=O)O. The molecule has 0 aromatic rings. The molecule has 0 aromatic heterocycles. The van der Waals surface area contributed by atoms with Gasteiger partial charge in [-0.15, -0.1) is 11.6 Å². The van der Waals surface area contributed by atoms with E-state index in [0.29, 0.717) is 6.42 Å². The molecule has 1 atom stereocenters. The van der Waals surface area contributed by atoms with Crippen molar-refractivity contribution in [3.8, 4) is 0 Å². The molecule has 0 aromatic carbocycles. The summed E-state index contributed by atoms with van der Waals surface area (Å²) in [5.74, 6) is -0.692. The van der Waals surface area contributed by atoms with Gasteiger partial charge in [0.05, 0.1) is 5.38 Å². The van der Waals surface area contributed by atoms with E-state index < -0.39 is 5.97 Å². The minimum Gasteiger partial charge on any atom is -0.481 e. The Labute approximate surface area is 128 Å². The summed E-state index contributed by atoms with van der Waals surface area (Å²) in [7, 11) is 0. The van der Waals surface area contributed by atoms with Gasteiger partial charge in [-0.2, -0.15) is 0 Å². The van der Waals surface area contributed by atoms with Crippen LogP contribution in [0.3, 0.4) is 0 Å². The largest absolute Gasteiger partial charge is 0.481 e. The number of unbranched alkanes of at least 4 members (excludes halogenated alkanes) is 6. The number of hydrogen-bond acceptors (Lipinski definition) is 1. The fourth-order valence-electron chi connectivity index (χ4n) is 1.92. The van der Waals surface area contributed by atoms with E-state index in [1.54, 1.807) is 0 Å². The monoisotopic (exact) mass is 300 g/mol. The fraction of sp³-hybridized carbons (Fsp3) is 0.706. The van der Waals surface area contributed by atoms with E-state index in [1.165, 1.54) is 12.8 Å². The first-order chi connectivity index (χ1) is 9.66. The quantitative estimate of drug-likeness (QED) is 0.269. The molecule has 2 nitrogen and oxygen atoms in total. The van der Waals surface area contributed by atoms with Crippen molar-refractivity contribution in [3.63, 3.8) is 0 Å². The van der Waals surface area contributed by atoms with Gasteiger partial charge in [0, 0.05) is 6.42 Å². The zero-order valence-corrected chi connectivity index (χ0v) is 13.4. The molecule has 0 saturated heterocycles. The van der Waals surface area contributed by atoms with E-state index in [4.69, 9.17) is 16.7 Å². The number of carbonyl (C=O) groups is 1. The highest BCUT2D eigenvalue weighted by atomic mass is 35.5. The van der Waals surface area contributed by atoms with Crippen molar-refractivity contribution < 1.29 is 9.90 Å². The van der Waals surface area contributed by atoms with Gasteiger partial charge in [0.1, 0.15) is 0 Å². The van der Waals surface area contributed by atoms with Crippen LogP contribution in [0.5, 0.6) is 0 Å². The van der Waals surface area contributed by atoms with Crippen LogP contribution in [0.25, 0.3) is 0 Å². The predicted octanol–water partition coefficient (Wildman–Crippen LogP) is 5.71. The first-order valence-corrected chi connectivity index (χ1v) is 8.29. The second-order valence-electron chi connectivity index (χ2n) is 5.17. The van der Waals surface area contributed by atoms with Crippen LogP contribution < -0.4 is 0 Å². The Hall–Kier alpha value is -0.760. The highest BCUT2D eigenvalue weighted by molar-refractivity contribution is 6.21. The summed E-state index contributed by atoms with van der Waals surface area (Å²) in [5.41, 5.74) is 0. The van der Waals surface area contributed by atoms with E-state index in [9.17, 15) is 4.79 Å². The lowest BCUT2D eigenvalue weighted by molar-refractivity contribution is -0.137. The lowest BCUT2D eigenvalue weighted by atomic mass is 10.1. The van der Waals surface area contributed by atoms with Gasteiger partial charge in [-0.25, -0.2) is 0 Å². The summed E-state index contributed by atoms with van der Waals surface area (Å²) in [5, 5.41) is 8.62. The smallest absolute Gasteiger partial charge is 0.303 e. The summed E-state index contributed by atoms with van der Waals surface area (Å²) in [6, 6.07) is 0. The van der Waals surface area contributed by atoms with E-state index in [1.807, 2.05) is 6.08 Å². The molecule has 1 N–H and O–H groups in total. The number of aliphatic carboxylic acids is 1. The Morgan fingerprint density at radius 3 is 2.50 bits per heavy atom. The summed E-state index contributed by atoms with van der Waals surface area (Å²) in [6.07, 6.45) is 18.4. The Balaban J connectivity index is 3.39. The third kappa shape index (κ3) is 15.3. The molecule has 3 heteroatoms. The van der Waals surface area contributed by atoms with E-state index in [-0.39, 0.29) is 5.38 Å². The lowest BCUT2D eigenvalue weighted by Crippen LogP contribution is -1.95. The van der Waals surface area contributed by atoms with Crippen molar-refractivity contribution in [1.29, 1.82) is 0 Å². The number of alkyl halides is 1. The summed E-state index contributed by atoms with van der Waals surface area (Å²) in [4.78, 5) is 10.3. The number of carboxylic acid groups (broad SMARTS) is 1. The second kappa shape index (κ2) is 14.6. The molecule has 0 spiro atoms. The number of rotatable bonds is 13. The van der Waals surface area contributed by atoms with Crippen molar-refractivity contribution >= 4 is 17.6 Å². The van der Waals surface area contributed by atoms with Gasteiger partial charge in [-0.05, 0) is 19.3 Å². The molecule has 0 radical (unpaired) electrons. The molecule has 0 heterocycles. The van der Waals surface area contributed by atoms with Crippen molar-refractivity contribution in [2.24, 2.45) is 0 Å². The number of allylic oxidation sites excluding steroid dienone is 4. The first-order valence-electron chi connectivity index (χ1n) is 7.86. The second-order valence-corrected chi connectivity index (χ2v) is 5.73. The Kier molecular flexibility index (Phi) is 14.1. The van der Waals surface area contributed by atoms with Crippen molar-refractivity contribution in [2.75, 3.05) is 0 Å². The standard InChI is InChI=1S/C17H29ClO2/c1-2-3-4-5-7-10-13-16(18)14-11-8-6-9-12-15-17(19)20/h5,7,10,13,16H,2-4,6,8-9,11-12,14-15H2,1H3,(H,19,20)/b7-5?,13-10+. The van der Waals surface area contributed by atoms with Gasteiger partial charge in [-0.3, -0.25) is 4.79 Å². The van der Waals surface area contributed by atoms with Crippen molar-refractivity contribution in [1.82, 2.24) is 0 Å². The molecule has 0 aliphatic rings. The molecular formula is C17H29ClO2. The molecule has 0 bridgehead atoms. The first kappa shape index (κ1) is 19.2. The summed E-state index contributed by atoms with van der Waals surface area (Å²) in [6.45, 7) is 2.19. The summed E-state index contributed by atoms with van der Waals surface area (Å²) < 4.78 is 0. The molecule has 116 valence electrons. The normalized spacial score (nSPS) is 13.3. The van der Waals surface area contributed by atoms with E-state index in [2.05, 4.69) is 25.2 Å². The average molecular weight is 301 g/mol. The van der Waals surface area contributed by atoms with Gasteiger partial charge >= 0.3 is 5.97 Å². The van der Waals surface area contributed by atoms with Crippen LogP contribution in [0.4, 0.5) is 0 Å². The molecule has 20 heavy (non-hydrogen) atoms. The molecular weight excluding hydrogens is 272 g/mol. The molecule has 0 amide bonds. The van der Waals surface area contributed by atoms with Crippen LogP contribution >= 0.6 is 11.6 Å². The van der Waals surface area contributed by atoms with E-state index in [0.717, 1.165) is 44.9 Å². The Morgan fingerprint density at radius 2 is 1.80 bits per heavy atom. The van der Waals surface area contributed by atoms with Crippen LogP contribution in [-0.2, 0) is 4.79 Å². The zero-order chi connectivity index (χ0) is 15.1. The predicted molar refractivity (Wildman–Crippen MR) is 87.4 cm³/mol. The number of hydrogen-bond donors (Lipinski definition) is 1. The van der Waals surface area contributed by atoms with Gasteiger partial charge in [-0.1, -0.05) is 69.8 Å². The molecule has 0 aliphatic carbocycles. The Bertz CT molecular complexity index is 285. The third-order valence-corrected chi connectivity index (χ3v) is 3.53. The zero-order valence-electron chi connectivity index (χ0n) is 12.7. The molecule has 0 aliphatic heterocycles. The van der Waals surface area contributed by atoms with Crippen molar-refractivity contribution in [2.45, 2.75) is 76.5 Å². The highest BCUT2D eigenvalue weighted by Gasteiger charge is 2.00. The van der Waals surface area contributed by atoms with Gasteiger partial charge in [0.25, 0.3) is 0 Å². The Morgan fingerprint density at radius 1 is 1.10 bits per heavy atom. The van der Waals surface area contributed by atoms with Crippen molar-refractivity contribution in [3.05, 3.63) is 24.3 Å². The van der Waals surface area contributed by atoms with Crippen LogP contribution in [0.1, 0.15) is 71.1 Å². The maximum absolute atomic E-state index is 10.3. The molecule has 0 saturated carbocycles. The molecule has 1 unspecified atom stereocenters. The van der Waals surface area contributed by atoms with Crippen LogP contribution in [0.2, 0.25) is 0 Å². The fourth-order valence-corrected chi connectivity index (χ4v) is 2.16. The minimum atomic E-state index is -0.692. The van der Waals surface area contributed by atoms with E-state index >= 15 is 0 Å². The third-order valence-electron chi connectivity index (χ3n) is 3.16. The highest BCUT2D eigenvalue weighted by Crippen LogP contribution is 2.13. The van der Waals surface area contributed by atoms with Crippen LogP contribution in [0, 0.1) is 0 Å². The topological polar surface area (TPSA) is 37.3 Å². The maximum Gasteiger partial charge on any atom is 0.303 e. The minimum absolute atomic E-state index is 0.116. The van der Waals surface area contributed by atoms with Gasteiger partial charge in [0.15, 0.2) is 0 Å². The van der Waals surface area contributed by atoms with Crippen LogP contribution in [0.15, 0.2) is 24.3 Å². The molecule has 0 fully saturated rings. The summed E-state index contributed by atoms with van der Waals surface area (Å²) >= 11 is 6.20. The number of carboxylic acids is 1. The average Bonchev–Trinajstić information content (AvgIpc) is 2.41. The maximum atomic E-state index is 10.3. The number of halogens is 1.